The number of halogens is 6. The maximum atomic E-state index is 13.6. The molecule has 4 aromatic heterocycles. The standard InChI is InChI=1S/4C28H18FN2.2ClH.2Ir/c4*1-18-10-16-21(17-11-18)31-27-25-9-5-3-7-23(25)22-6-2-4-8-24(22)26(27)30-28(31)19-12-14-20(29)15-13-19;;;;/h4*2-12,14-17H,1H3;2*1H;;/q4*-1;;;2*+3/p-2. The monoisotopic (exact) mass is 2060 g/mol. The number of rotatable bonds is 8. The van der Waals surface area contributed by atoms with Crippen molar-refractivity contribution in [3.63, 3.8) is 0 Å². The molecule has 24 aromatic rings. The van der Waals surface area contributed by atoms with Crippen LogP contribution >= 0.6 is 19.2 Å². The van der Waals surface area contributed by atoms with Crippen molar-refractivity contribution in [2.45, 2.75) is 27.7 Å². The molecule has 0 unspecified atom stereocenters. The van der Waals surface area contributed by atoms with Crippen molar-refractivity contribution in [2.24, 2.45) is 0 Å². The minimum atomic E-state index is -0.308. The fourth-order valence-corrected chi connectivity index (χ4v) is 17.5. The zero-order valence-corrected chi connectivity index (χ0v) is 75.5. The Kier molecular flexibility index (Phi) is 23.6. The molecule has 0 saturated heterocycles. The van der Waals surface area contributed by atoms with Crippen molar-refractivity contribution < 1.29 is 53.3 Å². The van der Waals surface area contributed by atoms with Gasteiger partial charge in [-0.05, 0) is 119 Å². The number of benzene rings is 20. The fraction of sp³-hybridized carbons (Fsp3) is 0.0357. The van der Waals surface area contributed by atoms with E-state index in [1.807, 2.05) is 24.3 Å². The zero-order chi connectivity index (χ0) is 87.8. The van der Waals surface area contributed by atoms with Crippen LogP contribution in [0, 0.1) is 75.2 Å². The van der Waals surface area contributed by atoms with Crippen LogP contribution < -0.4 is 0 Å². The summed E-state index contributed by atoms with van der Waals surface area (Å²) >= 11 is 2.94. The quantitative estimate of drug-likeness (QED) is 0.0863. The predicted octanol–water partition coefficient (Wildman–Crippen LogP) is 30.4. The van der Waals surface area contributed by atoms with Crippen LogP contribution in [-0.2, 0) is 35.8 Å². The van der Waals surface area contributed by atoms with Crippen molar-refractivity contribution in [3.8, 4) is 68.3 Å². The Morgan fingerprint density at radius 3 is 0.523 bits per heavy atom. The van der Waals surface area contributed by atoms with Crippen LogP contribution in [0.2, 0.25) is 0 Å². The second kappa shape index (κ2) is 36.1. The summed E-state index contributed by atoms with van der Waals surface area (Å²) in [5.41, 5.74) is 19.8. The predicted molar refractivity (Wildman–Crippen MR) is 512 cm³/mol. The van der Waals surface area contributed by atoms with Gasteiger partial charge in [-0.1, -0.05) is 265 Å². The SMILES string of the molecule is Cc1ccc(-n2c(-c3[c-]cc(F)cc3)nc3c4ccccc4c4ccccc4c32)cc1.Cc1ccc(-n2c(-c3[c-]cc(F)cc3)nc3c4ccccc4c4ccccc4c32)cc1.Cc1ccc(-n2c(-c3[c-]cc(F)cc3)nc3c4ccccc4c4ccccc4c32)cc1.Cc1ccc(-n2c(-c3[c-]cc(F)cc3)nc3c4ccccc4c4ccccc4c32)cc1.[Cl][Ir+2].[Cl][Ir+2]. The van der Waals surface area contributed by atoms with Crippen LogP contribution in [-0.4, -0.2) is 38.2 Å². The van der Waals surface area contributed by atoms with Crippen molar-refractivity contribution in [1.82, 2.24) is 38.2 Å². The van der Waals surface area contributed by atoms with E-state index < -0.39 is 0 Å². The van der Waals surface area contributed by atoms with Crippen LogP contribution in [0.25, 0.3) is 199 Å². The van der Waals surface area contributed by atoms with Gasteiger partial charge in [0.05, 0.1) is 67.4 Å². The molecule has 16 heteroatoms. The normalized spacial score (nSPS) is 11.3. The Labute approximate surface area is 764 Å². The molecule has 0 radical (unpaired) electrons. The van der Waals surface area contributed by atoms with Gasteiger partial charge >= 0.3 is 54.9 Å². The van der Waals surface area contributed by atoms with Gasteiger partial charge in [-0.25, -0.2) is 0 Å². The Hall–Kier alpha value is -14.0. The Morgan fingerprint density at radius 2 is 0.359 bits per heavy atom. The van der Waals surface area contributed by atoms with Gasteiger partial charge in [-0.2, -0.15) is 0 Å². The Balaban J connectivity index is 0.000000110. The van der Waals surface area contributed by atoms with Crippen LogP contribution in [0.15, 0.2) is 364 Å². The van der Waals surface area contributed by atoms with E-state index in [2.05, 4.69) is 356 Å². The number of nitrogens with zero attached hydrogens (tertiary/aromatic N) is 8. The number of aryl methyl sites for hydroxylation is 4. The molecule has 0 aliphatic heterocycles. The summed E-state index contributed by atoms with van der Waals surface area (Å²) in [4.78, 5) is 20.4. The molecular weight excluding hydrogens is 1990 g/mol. The summed E-state index contributed by atoms with van der Waals surface area (Å²) < 4.78 is 63.2. The van der Waals surface area contributed by atoms with Crippen molar-refractivity contribution >= 4 is 149 Å². The summed E-state index contributed by atoms with van der Waals surface area (Å²) in [6.45, 7) is 8.31. The maximum absolute atomic E-state index is 13.6. The van der Waals surface area contributed by atoms with Crippen LogP contribution in [0.3, 0.4) is 0 Å². The van der Waals surface area contributed by atoms with E-state index >= 15 is 0 Å². The topological polar surface area (TPSA) is 71.3 Å². The van der Waals surface area contributed by atoms with Gasteiger partial charge in [-0.15, -0.1) is 119 Å². The zero-order valence-electron chi connectivity index (χ0n) is 69.2. The van der Waals surface area contributed by atoms with Gasteiger partial charge < -0.3 is 18.3 Å². The molecule has 0 spiro atoms. The molecule has 0 fully saturated rings. The van der Waals surface area contributed by atoms with E-state index in [1.165, 1.54) is 150 Å². The van der Waals surface area contributed by atoms with Crippen molar-refractivity contribution in [2.75, 3.05) is 0 Å². The van der Waals surface area contributed by atoms with Gasteiger partial charge in [0.25, 0.3) is 0 Å². The van der Waals surface area contributed by atoms with E-state index in [9.17, 15) is 17.6 Å². The molecule has 8 nitrogen and oxygen atoms in total. The first-order valence-corrected chi connectivity index (χ1v) is 47.3. The third-order valence-corrected chi connectivity index (χ3v) is 23.4. The molecule has 0 atom stereocenters. The fourth-order valence-electron chi connectivity index (χ4n) is 17.5. The van der Waals surface area contributed by atoms with E-state index in [1.54, 1.807) is 24.3 Å². The summed E-state index contributed by atoms with van der Waals surface area (Å²) in [6.07, 6.45) is 0. The second-order valence-electron chi connectivity index (χ2n) is 31.3. The Bertz CT molecular complexity index is 7310. The second-order valence-corrected chi connectivity index (χ2v) is 31.3. The van der Waals surface area contributed by atoms with Crippen molar-refractivity contribution in [1.29, 1.82) is 0 Å². The van der Waals surface area contributed by atoms with E-state index in [-0.39, 0.29) is 23.3 Å². The Morgan fingerprint density at radius 1 is 0.203 bits per heavy atom. The van der Waals surface area contributed by atoms with E-state index in [0.717, 1.165) is 156 Å². The number of aromatic nitrogens is 8. The van der Waals surface area contributed by atoms with Crippen LogP contribution in [0.1, 0.15) is 22.3 Å². The number of imidazole rings is 4. The molecule has 0 aliphatic carbocycles. The van der Waals surface area contributed by atoms with E-state index in [0.29, 0.717) is 0 Å². The number of fused-ring (bicyclic) bond motifs is 24. The number of hydrogen-bond donors (Lipinski definition) is 0. The molecule has 620 valence electrons. The first kappa shape index (κ1) is 83.5. The first-order valence-electron chi connectivity index (χ1n) is 41.3. The minimum absolute atomic E-state index is 0.308. The molecular formula is C112H72Cl2F4Ir2N8. The third kappa shape index (κ3) is 15.5. The molecule has 20 aromatic carbocycles. The van der Waals surface area contributed by atoms with Gasteiger partial charge in [0.15, 0.2) is 0 Å². The molecule has 0 saturated carbocycles. The first-order chi connectivity index (χ1) is 62.8. The third-order valence-electron chi connectivity index (χ3n) is 23.4. The van der Waals surface area contributed by atoms with Gasteiger partial charge in [-0.3, -0.25) is 37.5 Å². The van der Waals surface area contributed by atoms with Crippen LogP contribution in [0.5, 0.6) is 0 Å². The van der Waals surface area contributed by atoms with Crippen LogP contribution in [0.4, 0.5) is 17.6 Å². The summed E-state index contributed by atoms with van der Waals surface area (Å²) in [5, 5.41) is 18.4. The molecule has 0 amide bonds. The van der Waals surface area contributed by atoms with Gasteiger partial charge in [0.1, 0.15) is 0 Å². The average molecular weight is 2060 g/mol. The summed E-state index contributed by atoms with van der Waals surface area (Å²) in [5.74, 6) is 1.77. The average Bonchev–Trinajstić information content (AvgIpc) is 1.57. The van der Waals surface area contributed by atoms with E-state index in [4.69, 9.17) is 19.9 Å². The summed E-state index contributed by atoms with van der Waals surface area (Å²) in [6, 6.07) is 131. The number of hydrogen-bond acceptors (Lipinski definition) is 4. The van der Waals surface area contributed by atoms with Gasteiger partial charge in [0, 0.05) is 89.1 Å². The summed E-state index contributed by atoms with van der Waals surface area (Å²) in [7, 11) is 9.28. The molecule has 0 aliphatic rings. The molecule has 0 bridgehead atoms. The molecule has 0 N–H and O–H groups in total. The molecule has 4 heterocycles. The molecule has 24 rings (SSSR count). The van der Waals surface area contributed by atoms with Gasteiger partial charge in [0.2, 0.25) is 0 Å². The molecule has 128 heavy (non-hydrogen) atoms. The van der Waals surface area contributed by atoms with Crippen molar-refractivity contribution in [3.05, 3.63) is 434 Å².